The van der Waals surface area contributed by atoms with Crippen molar-refractivity contribution in [2.24, 2.45) is 0 Å². The zero-order valence-corrected chi connectivity index (χ0v) is 12.9. The van der Waals surface area contributed by atoms with E-state index in [0.717, 1.165) is 42.2 Å². The Balaban J connectivity index is 1.74. The summed E-state index contributed by atoms with van der Waals surface area (Å²) in [7, 11) is 0. The molecule has 1 aromatic heterocycles. The van der Waals surface area contributed by atoms with Gasteiger partial charge in [-0.2, -0.15) is 0 Å². The zero-order chi connectivity index (χ0) is 14.4. The molecule has 0 aromatic carbocycles. The molecule has 1 atom stereocenters. The van der Waals surface area contributed by atoms with Crippen LogP contribution in [0.4, 0.5) is 4.79 Å². The molecule has 0 spiro atoms. The van der Waals surface area contributed by atoms with Gasteiger partial charge in [-0.15, -0.1) is 21.5 Å². The lowest BCUT2D eigenvalue weighted by molar-refractivity contribution is 0.194. The van der Waals surface area contributed by atoms with Crippen molar-refractivity contribution in [3.63, 3.8) is 0 Å². The maximum absolute atomic E-state index is 12.2. The minimum atomic E-state index is 0.0253. The number of rotatable bonds is 6. The van der Waals surface area contributed by atoms with Crippen LogP contribution in [0.25, 0.3) is 0 Å². The normalized spacial score (nSPS) is 17.7. The second-order valence-corrected chi connectivity index (χ2v) is 6.25. The predicted molar refractivity (Wildman–Crippen MR) is 80.9 cm³/mol. The van der Waals surface area contributed by atoms with Crippen molar-refractivity contribution in [3.05, 3.63) is 22.2 Å². The average Bonchev–Trinajstić information content (AvgIpc) is 3.05. The summed E-state index contributed by atoms with van der Waals surface area (Å²) in [6.45, 7) is 5.45. The highest BCUT2D eigenvalue weighted by Gasteiger charge is 2.23. The van der Waals surface area contributed by atoms with Crippen molar-refractivity contribution in [2.75, 3.05) is 13.1 Å². The van der Waals surface area contributed by atoms with Crippen molar-refractivity contribution in [1.29, 1.82) is 0 Å². The van der Waals surface area contributed by atoms with Gasteiger partial charge in [0, 0.05) is 19.5 Å². The van der Waals surface area contributed by atoms with Crippen LogP contribution in [0.3, 0.4) is 0 Å². The fraction of sp³-hybridized carbons (Fsp3) is 0.643. The summed E-state index contributed by atoms with van der Waals surface area (Å²) >= 11 is 1.58. The first-order valence-electron chi connectivity index (χ1n) is 7.20. The van der Waals surface area contributed by atoms with Gasteiger partial charge in [0.05, 0.1) is 6.04 Å². The molecular formula is C14H22N4OS. The Labute approximate surface area is 124 Å². The third kappa shape index (κ3) is 4.03. The number of unbranched alkanes of at least 4 members (excludes halogenated alkanes) is 1. The van der Waals surface area contributed by atoms with E-state index < -0.39 is 0 Å². The largest absolute Gasteiger partial charge is 0.338 e. The number of hydrogen-bond acceptors (Lipinski definition) is 4. The van der Waals surface area contributed by atoms with Gasteiger partial charge in [0.1, 0.15) is 10.0 Å². The highest BCUT2D eigenvalue weighted by Crippen LogP contribution is 2.16. The third-order valence-electron chi connectivity index (χ3n) is 3.36. The van der Waals surface area contributed by atoms with E-state index >= 15 is 0 Å². The zero-order valence-electron chi connectivity index (χ0n) is 12.1. The maximum Gasteiger partial charge on any atom is 0.318 e. The molecule has 0 aliphatic carbocycles. The van der Waals surface area contributed by atoms with Gasteiger partial charge < -0.3 is 10.2 Å². The van der Waals surface area contributed by atoms with Gasteiger partial charge in [-0.1, -0.05) is 31.9 Å². The fourth-order valence-electron chi connectivity index (χ4n) is 2.29. The second kappa shape index (κ2) is 7.38. The molecule has 5 nitrogen and oxygen atoms in total. The Morgan fingerprint density at radius 3 is 3.10 bits per heavy atom. The first kappa shape index (κ1) is 15.0. The summed E-state index contributed by atoms with van der Waals surface area (Å²) in [5, 5.41) is 12.9. The second-order valence-electron chi connectivity index (χ2n) is 4.99. The molecular weight excluding hydrogens is 272 g/mol. The monoisotopic (exact) mass is 294 g/mol. The molecule has 1 aliphatic heterocycles. The molecule has 20 heavy (non-hydrogen) atoms. The summed E-state index contributed by atoms with van der Waals surface area (Å²) < 4.78 is 0. The van der Waals surface area contributed by atoms with Crippen LogP contribution in [-0.2, 0) is 6.42 Å². The number of carbonyl (C=O) groups is 1. The lowest BCUT2D eigenvalue weighted by Crippen LogP contribution is -2.43. The topological polar surface area (TPSA) is 58.1 Å². The van der Waals surface area contributed by atoms with Crippen molar-refractivity contribution < 1.29 is 4.79 Å². The Morgan fingerprint density at radius 1 is 1.55 bits per heavy atom. The van der Waals surface area contributed by atoms with E-state index in [9.17, 15) is 4.79 Å². The van der Waals surface area contributed by atoms with E-state index in [1.54, 1.807) is 11.3 Å². The molecule has 0 unspecified atom stereocenters. The molecule has 0 saturated heterocycles. The smallest absolute Gasteiger partial charge is 0.318 e. The summed E-state index contributed by atoms with van der Waals surface area (Å²) in [5.74, 6) is 0. The first-order valence-corrected chi connectivity index (χ1v) is 8.02. The Hall–Kier alpha value is -1.43. The van der Waals surface area contributed by atoms with Gasteiger partial charge in [-0.05, 0) is 13.3 Å². The number of hydrogen-bond donors (Lipinski definition) is 1. The molecule has 0 saturated carbocycles. The van der Waals surface area contributed by atoms with Gasteiger partial charge >= 0.3 is 6.03 Å². The number of aryl methyl sites for hydroxylation is 1. The number of urea groups is 1. The van der Waals surface area contributed by atoms with Crippen LogP contribution in [0.5, 0.6) is 0 Å². The van der Waals surface area contributed by atoms with Crippen LogP contribution < -0.4 is 5.32 Å². The standard InChI is InChI=1S/C14H22N4OS/c1-3-4-6-12-7-5-10-18(12)14(19)15-9-8-13-17-16-11(2)20-13/h5,7,12H,3-4,6,8-10H2,1-2H3,(H,15,19)/t12-/m1/s1. The minimum Gasteiger partial charge on any atom is -0.338 e. The van der Waals surface area contributed by atoms with Gasteiger partial charge in [0.2, 0.25) is 0 Å². The molecule has 1 aromatic rings. The highest BCUT2D eigenvalue weighted by atomic mass is 32.1. The lowest BCUT2D eigenvalue weighted by atomic mass is 10.1. The van der Waals surface area contributed by atoms with Crippen LogP contribution in [0.2, 0.25) is 0 Å². The van der Waals surface area contributed by atoms with Crippen LogP contribution in [0, 0.1) is 6.92 Å². The number of nitrogens with one attached hydrogen (secondary N) is 1. The molecule has 2 amide bonds. The van der Waals surface area contributed by atoms with Crippen molar-refractivity contribution in [2.45, 2.75) is 45.6 Å². The highest BCUT2D eigenvalue weighted by molar-refractivity contribution is 7.11. The van der Waals surface area contributed by atoms with Crippen LogP contribution in [0.15, 0.2) is 12.2 Å². The van der Waals surface area contributed by atoms with E-state index in [0.29, 0.717) is 6.54 Å². The third-order valence-corrected chi connectivity index (χ3v) is 4.26. The van der Waals surface area contributed by atoms with Crippen molar-refractivity contribution in [3.8, 4) is 0 Å². The van der Waals surface area contributed by atoms with E-state index in [2.05, 4.69) is 34.6 Å². The average molecular weight is 294 g/mol. The quantitative estimate of drug-likeness (QED) is 0.820. The van der Waals surface area contributed by atoms with Crippen LogP contribution in [0.1, 0.15) is 36.2 Å². The molecule has 6 heteroatoms. The summed E-state index contributed by atoms with van der Waals surface area (Å²) in [6, 6.07) is 0.288. The molecule has 2 heterocycles. The Kier molecular flexibility index (Phi) is 5.52. The molecule has 110 valence electrons. The SMILES string of the molecule is CCCC[C@@H]1C=CCN1C(=O)NCCc1nnc(C)s1. The van der Waals surface area contributed by atoms with Gasteiger partial charge in [-0.25, -0.2) is 4.79 Å². The van der Waals surface area contributed by atoms with Gasteiger partial charge in [0.25, 0.3) is 0 Å². The Morgan fingerprint density at radius 2 is 2.40 bits per heavy atom. The van der Waals surface area contributed by atoms with Crippen molar-refractivity contribution >= 4 is 17.4 Å². The molecule has 0 fully saturated rings. The molecule has 2 rings (SSSR count). The van der Waals surface area contributed by atoms with E-state index in [4.69, 9.17) is 0 Å². The number of nitrogens with zero attached hydrogens (tertiary/aromatic N) is 3. The fourth-order valence-corrected chi connectivity index (χ4v) is 2.99. The van der Waals surface area contributed by atoms with Gasteiger partial charge in [0.15, 0.2) is 0 Å². The van der Waals surface area contributed by atoms with E-state index in [1.165, 1.54) is 0 Å². The summed E-state index contributed by atoms with van der Waals surface area (Å²) in [5.41, 5.74) is 0. The predicted octanol–water partition coefficient (Wildman–Crippen LogP) is 2.53. The first-order chi connectivity index (χ1) is 9.70. The number of amides is 2. The lowest BCUT2D eigenvalue weighted by Gasteiger charge is -2.24. The molecule has 1 N–H and O–H groups in total. The van der Waals surface area contributed by atoms with Crippen LogP contribution in [-0.4, -0.2) is 40.3 Å². The van der Waals surface area contributed by atoms with E-state index in [1.807, 2.05) is 11.8 Å². The van der Waals surface area contributed by atoms with Crippen molar-refractivity contribution in [1.82, 2.24) is 20.4 Å². The molecule has 0 radical (unpaired) electrons. The number of aromatic nitrogens is 2. The van der Waals surface area contributed by atoms with Crippen LogP contribution >= 0.6 is 11.3 Å². The number of carbonyl (C=O) groups excluding carboxylic acids is 1. The van der Waals surface area contributed by atoms with E-state index in [-0.39, 0.29) is 12.1 Å². The maximum atomic E-state index is 12.2. The summed E-state index contributed by atoms with van der Waals surface area (Å²) in [6.07, 6.45) is 8.34. The minimum absolute atomic E-state index is 0.0253. The molecule has 0 bridgehead atoms. The molecule has 1 aliphatic rings. The Bertz CT molecular complexity index is 471. The van der Waals surface area contributed by atoms with Gasteiger partial charge in [-0.3, -0.25) is 0 Å². The summed E-state index contributed by atoms with van der Waals surface area (Å²) in [4.78, 5) is 14.1.